The summed E-state index contributed by atoms with van der Waals surface area (Å²) in [7, 11) is 0. The predicted octanol–water partition coefficient (Wildman–Crippen LogP) is 4.44. The minimum absolute atomic E-state index is 0.130. The van der Waals surface area contributed by atoms with E-state index < -0.39 is 30.2 Å². The first-order valence-electron chi connectivity index (χ1n) is 12.8. The Morgan fingerprint density at radius 1 is 1.22 bits per heavy atom. The summed E-state index contributed by atoms with van der Waals surface area (Å²) in [6.45, 7) is 3.16. The molecule has 0 bridgehead atoms. The van der Waals surface area contributed by atoms with Gasteiger partial charge >= 0.3 is 12.1 Å². The van der Waals surface area contributed by atoms with Gasteiger partial charge in [-0.15, -0.1) is 0 Å². The Kier molecular flexibility index (Phi) is 8.68. The predicted molar refractivity (Wildman–Crippen MR) is 133 cm³/mol. The number of aromatic nitrogens is 1. The van der Waals surface area contributed by atoms with Crippen molar-refractivity contribution in [1.29, 1.82) is 0 Å². The van der Waals surface area contributed by atoms with Gasteiger partial charge in [0.1, 0.15) is 5.82 Å². The maximum atomic E-state index is 13.2. The lowest BCUT2D eigenvalue weighted by Gasteiger charge is -2.33. The number of carboxylic acids is 1. The Hall–Kier alpha value is -3.14. The van der Waals surface area contributed by atoms with Crippen molar-refractivity contribution in [1.82, 2.24) is 15.2 Å². The van der Waals surface area contributed by atoms with Crippen molar-refractivity contribution in [2.75, 3.05) is 31.5 Å². The van der Waals surface area contributed by atoms with Crippen molar-refractivity contribution in [2.24, 2.45) is 5.92 Å². The number of amides is 1. The maximum Gasteiger partial charge on any atom is 0.416 e. The van der Waals surface area contributed by atoms with Crippen molar-refractivity contribution >= 4 is 17.7 Å². The standard InChI is InChI=1S/C27H33F3N4O3/c28-27(29,30)21-8-1-5-19(15-21)23(16-24(35)36)33-26(37)20-7-3-13-34(17-20)14-4-9-22-11-10-18-6-2-12-31-25(18)32-22/h1,5,8,10-11,15,20,23H,2-4,6-7,9,12-14,16-17H2,(H,31,32)(H,33,37)(H,35,36)/t20-,23+/m1/s1. The molecule has 0 aliphatic carbocycles. The van der Waals surface area contributed by atoms with Crippen LogP contribution in [0.25, 0.3) is 0 Å². The van der Waals surface area contributed by atoms with Crippen molar-refractivity contribution < 1.29 is 27.9 Å². The number of benzene rings is 1. The third-order valence-corrected chi connectivity index (χ3v) is 7.05. The first kappa shape index (κ1) is 26.9. The number of alkyl halides is 3. The fourth-order valence-corrected chi connectivity index (χ4v) is 5.11. The van der Waals surface area contributed by atoms with Crippen LogP contribution in [-0.2, 0) is 28.6 Å². The third kappa shape index (κ3) is 7.44. The number of nitrogens with one attached hydrogen (secondary N) is 2. The molecule has 0 saturated carbocycles. The Bertz CT molecular complexity index is 1110. The van der Waals surface area contributed by atoms with Crippen molar-refractivity contribution in [3.05, 3.63) is 58.8 Å². The molecule has 2 aromatic rings. The summed E-state index contributed by atoms with van der Waals surface area (Å²) in [5.74, 6) is -0.883. The van der Waals surface area contributed by atoms with E-state index in [2.05, 4.69) is 27.7 Å². The highest BCUT2D eigenvalue weighted by molar-refractivity contribution is 5.80. The van der Waals surface area contributed by atoms with Crippen LogP contribution < -0.4 is 10.6 Å². The number of piperidine rings is 1. The number of carboxylic acid groups (broad SMARTS) is 1. The summed E-state index contributed by atoms with van der Waals surface area (Å²) in [6, 6.07) is 7.67. The zero-order valence-electron chi connectivity index (χ0n) is 20.7. The number of likely N-dealkylation sites (tertiary alicyclic amines) is 1. The molecule has 3 heterocycles. The Labute approximate surface area is 214 Å². The topological polar surface area (TPSA) is 94.6 Å². The molecular formula is C27H33F3N4O3. The number of halogens is 3. The molecule has 0 radical (unpaired) electrons. The van der Waals surface area contributed by atoms with E-state index in [4.69, 9.17) is 4.98 Å². The fourth-order valence-electron chi connectivity index (χ4n) is 5.11. The van der Waals surface area contributed by atoms with Crippen molar-refractivity contribution in [3.63, 3.8) is 0 Å². The monoisotopic (exact) mass is 518 g/mol. The number of aliphatic carboxylic acids is 1. The molecule has 0 unspecified atom stereocenters. The average Bonchev–Trinajstić information content (AvgIpc) is 2.88. The van der Waals surface area contributed by atoms with Crippen LogP contribution in [0.4, 0.5) is 19.0 Å². The van der Waals surface area contributed by atoms with Gasteiger partial charge in [0.05, 0.1) is 23.9 Å². The normalized spacial score (nSPS) is 18.9. The summed E-state index contributed by atoms with van der Waals surface area (Å²) in [5.41, 5.74) is 1.55. The van der Waals surface area contributed by atoms with E-state index in [1.807, 2.05) is 0 Å². The molecule has 1 fully saturated rings. The minimum Gasteiger partial charge on any atom is -0.481 e. The van der Waals surface area contributed by atoms with E-state index >= 15 is 0 Å². The number of fused-ring (bicyclic) bond motifs is 1. The lowest BCUT2D eigenvalue weighted by atomic mass is 9.95. The quantitative estimate of drug-likeness (QED) is 0.455. The number of carbonyl (C=O) groups is 2. The SMILES string of the molecule is O=C(O)C[C@H](NC(=O)[C@@H]1CCCN(CCCc2ccc3c(n2)NCCC3)C1)c1cccc(C(F)(F)F)c1. The number of rotatable bonds is 9. The number of carbonyl (C=O) groups excluding carboxylic acids is 1. The number of pyridine rings is 1. The maximum absolute atomic E-state index is 13.2. The second kappa shape index (κ2) is 11.9. The van der Waals surface area contributed by atoms with Gasteiger partial charge in [0, 0.05) is 18.8 Å². The van der Waals surface area contributed by atoms with Gasteiger partial charge in [-0.3, -0.25) is 9.59 Å². The first-order chi connectivity index (χ1) is 17.7. The molecule has 37 heavy (non-hydrogen) atoms. The lowest BCUT2D eigenvalue weighted by molar-refractivity contribution is -0.138. The van der Waals surface area contributed by atoms with Crippen LogP contribution in [0, 0.1) is 5.92 Å². The highest BCUT2D eigenvalue weighted by Crippen LogP contribution is 2.31. The summed E-state index contributed by atoms with van der Waals surface area (Å²) in [4.78, 5) is 31.4. The number of aryl methyl sites for hydroxylation is 2. The van der Waals surface area contributed by atoms with Gasteiger partial charge in [0.2, 0.25) is 5.91 Å². The molecule has 0 spiro atoms. The van der Waals surface area contributed by atoms with Crippen LogP contribution in [-0.4, -0.2) is 53.0 Å². The van der Waals surface area contributed by atoms with Gasteiger partial charge in [-0.2, -0.15) is 13.2 Å². The second-order valence-electron chi connectivity index (χ2n) is 9.87. The van der Waals surface area contributed by atoms with E-state index in [9.17, 15) is 27.9 Å². The van der Waals surface area contributed by atoms with Gasteiger partial charge in [0.25, 0.3) is 0 Å². The van der Waals surface area contributed by atoms with E-state index in [1.165, 1.54) is 17.7 Å². The highest BCUT2D eigenvalue weighted by Gasteiger charge is 2.32. The molecule has 1 aromatic heterocycles. The Balaban J connectivity index is 1.32. The summed E-state index contributed by atoms with van der Waals surface area (Å²) >= 11 is 0. The van der Waals surface area contributed by atoms with E-state index in [1.54, 1.807) is 0 Å². The van der Waals surface area contributed by atoms with Crippen LogP contribution >= 0.6 is 0 Å². The number of hydrogen-bond donors (Lipinski definition) is 3. The number of anilines is 1. The first-order valence-corrected chi connectivity index (χ1v) is 12.8. The lowest BCUT2D eigenvalue weighted by Crippen LogP contribution is -2.44. The summed E-state index contributed by atoms with van der Waals surface area (Å²) < 4.78 is 39.5. The molecule has 3 N–H and O–H groups in total. The zero-order chi connectivity index (χ0) is 26.4. The molecule has 4 rings (SSSR count). The molecule has 1 aromatic carbocycles. The molecule has 10 heteroatoms. The summed E-state index contributed by atoms with van der Waals surface area (Å²) in [6.07, 6.45) is 0.331. The molecule has 7 nitrogen and oxygen atoms in total. The van der Waals surface area contributed by atoms with Crippen molar-refractivity contribution in [2.45, 2.75) is 57.2 Å². The molecule has 2 aliphatic rings. The molecule has 200 valence electrons. The highest BCUT2D eigenvalue weighted by atomic mass is 19.4. The Morgan fingerprint density at radius 2 is 2.05 bits per heavy atom. The molecule has 1 amide bonds. The van der Waals surface area contributed by atoms with Gasteiger partial charge in [-0.1, -0.05) is 18.2 Å². The second-order valence-corrected chi connectivity index (χ2v) is 9.87. The number of hydrogen-bond acceptors (Lipinski definition) is 5. The fraction of sp³-hybridized carbons (Fsp3) is 0.519. The van der Waals surface area contributed by atoms with Gasteiger partial charge in [-0.05, 0) is 80.9 Å². The van der Waals surface area contributed by atoms with Crippen LogP contribution in [0.3, 0.4) is 0 Å². The summed E-state index contributed by atoms with van der Waals surface area (Å²) in [5, 5.41) is 15.4. The Morgan fingerprint density at radius 3 is 2.84 bits per heavy atom. The molecule has 2 atom stereocenters. The molecule has 1 saturated heterocycles. The zero-order valence-corrected chi connectivity index (χ0v) is 20.7. The van der Waals surface area contributed by atoms with Gasteiger partial charge in [-0.25, -0.2) is 4.98 Å². The van der Waals surface area contributed by atoms with Crippen LogP contribution in [0.1, 0.15) is 60.5 Å². The largest absolute Gasteiger partial charge is 0.481 e. The van der Waals surface area contributed by atoms with Crippen LogP contribution in [0.2, 0.25) is 0 Å². The minimum atomic E-state index is -4.55. The van der Waals surface area contributed by atoms with Gasteiger partial charge < -0.3 is 20.6 Å². The van der Waals surface area contributed by atoms with Gasteiger partial charge in [0.15, 0.2) is 0 Å². The number of nitrogens with zero attached hydrogens (tertiary/aromatic N) is 2. The third-order valence-electron chi connectivity index (χ3n) is 7.05. The molecule has 2 aliphatic heterocycles. The van der Waals surface area contributed by atoms with Crippen LogP contribution in [0.5, 0.6) is 0 Å². The molecular weight excluding hydrogens is 485 g/mol. The van der Waals surface area contributed by atoms with Crippen molar-refractivity contribution in [3.8, 4) is 0 Å². The van der Waals surface area contributed by atoms with Crippen LogP contribution in [0.15, 0.2) is 36.4 Å². The van der Waals surface area contributed by atoms with E-state index in [0.29, 0.717) is 13.0 Å². The average molecular weight is 519 g/mol. The smallest absolute Gasteiger partial charge is 0.416 e. The van der Waals surface area contributed by atoms with E-state index in [-0.39, 0.29) is 17.4 Å². The van der Waals surface area contributed by atoms with E-state index in [0.717, 1.165) is 75.4 Å².